The van der Waals surface area contributed by atoms with Gasteiger partial charge in [0, 0.05) is 0 Å². The molecule has 0 unspecified atom stereocenters. The van der Waals surface area contributed by atoms with Crippen LogP contribution in [0.15, 0.2) is 0 Å². The molecule has 29 heavy (non-hydrogen) atoms. The number of hydrogen-bond acceptors (Lipinski definition) is 0. The maximum Gasteiger partial charge on any atom is -0.0533 e. The third kappa shape index (κ3) is 30.6. The Morgan fingerprint density at radius 3 is 0.414 bits per heavy atom. The van der Waals surface area contributed by atoms with Gasteiger partial charge in [-0.2, -0.15) is 0 Å². The van der Waals surface area contributed by atoms with Gasteiger partial charge in [0.2, 0.25) is 0 Å². The van der Waals surface area contributed by atoms with Gasteiger partial charge >= 0.3 is 0 Å². The standard InChI is InChI=1S/C28H58.ClH/c1-3-5-7-9-11-13-15-17-19-21-23-25-27-28-26-24-22-20-18-16-14-12-10-8-6-4-2;/h3-28H2,1-2H3;1H. The molecule has 0 aromatic heterocycles. The van der Waals surface area contributed by atoms with E-state index in [2.05, 4.69) is 13.8 Å². The Morgan fingerprint density at radius 1 is 0.207 bits per heavy atom. The van der Waals surface area contributed by atoms with Crippen LogP contribution in [-0.2, 0) is 0 Å². The third-order valence-corrected chi connectivity index (χ3v) is 6.46. The van der Waals surface area contributed by atoms with E-state index in [-0.39, 0.29) is 12.4 Å². The van der Waals surface area contributed by atoms with E-state index >= 15 is 0 Å². The Morgan fingerprint density at radius 2 is 0.310 bits per heavy atom. The predicted octanol–water partition coefficient (Wildman–Crippen LogP) is 11.6. The second kappa shape index (κ2) is 30.5. The van der Waals surface area contributed by atoms with Crippen molar-refractivity contribution < 1.29 is 0 Å². The van der Waals surface area contributed by atoms with E-state index in [1.807, 2.05) is 0 Å². The third-order valence-electron chi connectivity index (χ3n) is 6.46. The minimum Gasteiger partial charge on any atom is -0.147 e. The lowest BCUT2D eigenvalue weighted by Crippen LogP contribution is -1.84. The van der Waals surface area contributed by atoms with E-state index in [0.717, 1.165) is 0 Å². The van der Waals surface area contributed by atoms with Crippen molar-refractivity contribution in [3.63, 3.8) is 0 Å². The molecule has 0 aliphatic heterocycles. The van der Waals surface area contributed by atoms with Gasteiger partial charge < -0.3 is 0 Å². The van der Waals surface area contributed by atoms with Gasteiger partial charge in [-0.15, -0.1) is 12.4 Å². The van der Waals surface area contributed by atoms with Crippen LogP contribution in [0.5, 0.6) is 0 Å². The lowest BCUT2D eigenvalue weighted by Gasteiger charge is -2.04. The molecule has 0 fully saturated rings. The Kier molecular flexibility index (Phi) is 33.1. The van der Waals surface area contributed by atoms with Crippen molar-refractivity contribution in [2.45, 2.75) is 181 Å². The van der Waals surface area contributed by atoms with E-state index < -0.39 is 0 Å². The molecule has 0 bridgehead atoms. The molecule has 0 spiro atoms. The summed E-state index contributed by atoms with van der Waals surface area (Å²) in [4.78, 5) is 0. The van der Waals surface area contributed by atoms with Crippen molar-refractivity contribution in [1.29, 1.82) is 0 Å². The van der Waals surface area contributed by atoms with Crippen LogP contribution in [0.3, 0.4) is 0 Å². The van der Waals surface area contributed by atoms with Crippen LogP contribution >= 0.6 is 12.4 Å². The van der Waals surface area contributed by atoms with Crippen molar-refractivity contribution in [3.05, 3.63) is 0 Å². The van der Waals surface area contributed by atoms with Crippen LogP contribution in [0.2, 0.25) is 0 Å². The molecule has 1 heteroatoms. The minimum absolute atomic E-state index is 0. The summed E-state index contributed by atoms with van der Waals surface area (Å²) < 4.78 is 0. The first-order valence-corrected chi connectivity index (χ1v) is 13.9. The lowest BCUT2D eigenvalue weighted by atomic mass is 10.0. The quantitative estimate of drug-likeness (QED) is 0.126. The summed E-state index contributed by atoms with van der Waals surface area (Å²) in [6.07, 6.45) is 38.4. The van der Waals surface area contributed by atoms with Crippen molar-refractivity contribution >= 4 is 12.4 Å². The topological polar surface area (TPSA) is 0 Å². The van der Waals surface area contributed by atoms with Crippen LogP contribution in [0.25, 0.3) is 0 Å². The van der Waals surface area contributed by atoms with E-state index in [4.69, 9.17) is 0 Å². The van der Waals surface area contributed by atoms with E-state index in [1.54, 1.807) is 0 Å². The summed E-state index contributed by atoms with van der Waals surface area (Å²) in [5, 5.41) is 0. The predicted molar refractivity (Wildman–Crippen MR) is 139 cm³/mol. The molecule has 178 valence electrons. The maximum absolute atomic E-state index is 2.30. The monoisotopic (exact) mass is 430 g/mol. The molecule has 0 saturated carbocycles. The second-order valence-corrected chi connectivity index (χ2v) is 9.49. The van der Waals surface area contributed by atoms with Gasteiger partial charge in [0.05, 0.1) is 0 Å². The molecule has 0 aromatic carbocycles. The first-order valence-electron chi connectivity index (χ1n) is 13.9. The molecule has 0 aromatic rings. The van der Waals surface area contributed by atoms with Crippen LogP contribution in [0.1, 0.15) is 181 Å². The lowest BCUT2D eigenvalue weighted by molar-refractivity contribution is 0.516. The number of halogens is 1. The minimum atomic E-state index is 0. The first-order chi connectivity index (χ1) is 13.9. The van der Waals surface area contributed by atoms with Crippen molar-refractivity contribution in [2.75, 3.05) is 0 Å². The Balaban J connectivity index is 0. The van der Waals surface area contributed by atoms with Crippen LogP contribution in [0, 0.1) is 0 Å². The fraction of sp³-hybridized carbons (Fsp3) is 1.00. The molecule has 0 nitrogen and oxygen atoms in total. The Bertz CT molecular complexity index is 225. The molecule has 0 heterocycles. The van der Waals surface area contributed by atoms with E-state index in [9.17, 15) is 0 Å². The van der Waals surface area contributed by atoms with Crippen LogP contribution < -0.4 is 0 Å². The smallest absolute Gasteiger partial charge is 0.0533 e. The molecule has 0 radical (unpaired) electrons. The molecule has 0 aliphatic rings. The molecule has 0 N–H and O–H groups in total. The van der Waals surface area contributed by atoms with Crippen LogP contribution in [-0.4, -0.2) is 0 Å². The second-order valence-electron chi connectivity index (χ2n) is 9.49. The summed E-state index contributed by atoms with van der Waals surface area (Å²) >= 11 is 0. The Labute approximate surface area is 193 Å². The highest BCUT2D eigenvalue weighted by Gasteiger charge is 1.96. The summed E-state index contributed by atoms with van der Waals surface area (Å²) in [5.41, 5.74) is 0. The summed E-state index contributed by atoms with van der Waals surface area (Å²) in [7, 11) is 0. The maximum atomic E-state index is 2.30. The number of unbranched alkanes of at least 4 members (excludes halogenated alkanes) is 25. The van der Waals surface area contributed by atoms with Crippen molar-refractivity contribution in [2.24, 2.45) is 0 Å². The van der Waals surface area contributed by atoms with Gasteiger partial charge in [0.25, 0.3) is 0 Å². The average molecular weight is 431 g/mol. The van der Waals surface area contributed by atoms with Gasteiger partial charge in [-0.3, -0.25) is 0 Å². The first kappa shape index (κ1) is 31.5. The zero-order valence-corrected chi connectivity index (χ0v) is 21.6. The molecule has 0 rings (SSSR count). The van der Waals surface area contributed by atoms with E-state index in [1.165, 1.54) is 167 Å². The largest absolute Gasteiger partial charge is 0.147 e. The number of rotatable bonds is 25. The van der Waals surface area contributed by atoms with Gasteiger partial charge in [0.15, 0.2) is 0 Å². The van der Waals surface area contributed by atoms with Crippen LogP contribution in [0.4, 0.5) is 0 Å². The molecular formula is C28H59Cl. The van der Waals surface area contributed by atoms with E-state index in [0.29, 0.717) is 0 Å². The molecule has 0 saturated heterocycles. The summed E-state index contributed by atoms with van der Waals surface area (Å²) in [6, 6.07) is 0. The zero-order valence-electron chi connectivity index (χ0n) is 20.8. The van der Waals surface area contributed by atoms with Gasteiger partial charge in [0.1, 0.15) is 0 Å². The molecule has 0 aliphatic carbocycles. The Hall–Kier alpha value is 0.290. The van der Waals surface area contributed by atoms with Gasteiger partial charge in [-0.1, -0.05) is 181 Å². The molecular weight excluding hydrogens is 372 g/mol. The van der Waals surface area contributed by atoms with Gasteiger partial charge in [-0.25, -0.2) is 0 Å². The van der Waals surface area contributed by atoms with Crippen molar-refractivity contribution in [1.82, 2.24) is 0 Å². The fourth-order valence-corrected chi connectivity index (χ4v) is 4.39. The molecule has 0 amide bonds. The fourth-order valence-electron chi connectivity index (χ4n) is 4.39. The number of hydrogen-bond donors (Lipinski definition) is 0. The normalized spacial score (nSPS) is 11.0. The molecule has 0 atom stereocenters. The van der Waals surface area contributed by atoms with Crippen molar-refractivity contribution in [3.8, 4) is 0 Å². The summed E-state index contributed by atoms with van der Waals surface area (Å²) in [6.45, 7) is 4.61. The summed E-state index contributed by atoms with van der Waals surface area (Å²) in [5.74, 6) is 0. The van der Waals surface area contributed by atoms with Gasteiger partial charge in [-0.05, 0) is 0 Å². The highest BCUT2D eigenvalue weighted by molar-refractivity contribution is 5.85. The SMILES string of the molecule is CCCCCCCCCCCCCCCCCCCCCCCCCCCC.Cl. The highest BCUT2D eigenvalue weighted by Crippen LogP contribution is 2.15. The zero-order chi connectivity index (χ0) is 20.4. The highest BCUT2D eigenvalue weighted by atomic mass is 35.5. The average Bonchev–Trinajstić information content (AvgIpc) is 2.71.